The third-order valence-electron chi connectivity index (χ3n) is 6.23. The smallest absolute Gasteiger partial charge is 0.250 e. The van der Waals surface area contributed by atoms with Gasteiger partial charge in [0, 0.05) is 17.3 Å². The fourth-order valence-corrected chi connectivity index (χ4v) is 4.04. The molecule has 1 amide bonds. The van der Waals surface area contributed by atoms with Gasteiger partial charge in [-0.15, -0.1) is 0 Å². The molecular weight excluding hydrogens is 466 g/mol. The number of hydrogen-bond donors (Lipinski definition) is 2. The van der Waals surface area contributed by atoms with Gasteiger partial charge < -0.3 is 9.73 Å². The number of hydrogen-bond acceptors (Lipinski definition) is 4. The van der Waals surface area contributed by atoms with Gasteiger partial charge in [0.25, 0.3) is 0 Å². The molecule has 5 nitrogen and oxygen atoms in total. The van der Waals surface area contributed by atoms with Gasteiger partial charge in [-0.05, 0) is 83.6 Å². The van der Waals surface area contributed by atoms with E-state index in [0.29, 0.717) is 17.7 Å². The summed E-state index contributed by atoms with van der Waals surface area (Å²) in [4.78, 5) is 17.0. The molecule has 0 radical (unpaired) electrons. The highest BCUT2D eigenvalue weighted by Crippen LogP contribution is 2.29. The number of aromatic nitrogens is 1. The van der Waals surface area contributed by atoms with E-state index in [1.165, 1.54) is 17.2 Å². The lowest BCUT2D eigenvalue weighted by atomic mass is 9.98. The fourth-order valence-electron chi connectivity index (χ4n) is 3.82. The monoisotopic (exact) mass is 497 g/mol. The van der Waals surface area contributed by atoms with Crippen LogP contribution in [0.4, 0.5) is 5.69 Å². The Hall–Kier alpha value is -3.77. The number of carbonyl (C=O) groups excluding carboxylic acids is 1. The second-order valence-electron chi connectivity index (χ2n) is 9.23. The first kappa shape index (κ1) is 25.3. The molecule has 0 unspecified atom stereocenters. The van der Waals surface area contributed by atoms with Gasteiger partial charge in [-0.2, -0.15) is 0 Å². The minimum Gasteiger partial charge on any atom is -0.436 e. The third kappa shape index (κ3) is 6.26. The van der Waals surface area contributed by atoms with E-state index >= 15 is 0 Å². The number of nitrogens with zero attached hydrogens (tertiary/aromatic N) is 1. The van der Waals surface area contributed by atoms with E-state index in [4.69, 9.17) is 21.6 Å². The molecule has 1 aromatic heterocycles. The van der Waals surface area contributed by atoms with Crippen LogP contribution in [0.2, 0.25) is 0 Å². The Morgan fingerprint density at radius 2 is 1.78 bits per heavy atom. The molecule has 4 aromatic rings. The second-order valence-corrected chi connectivity index (χ2v) is 9.64. The van der Waals surface area contributed by atoms with E-state index in [9.17, 15) is 4.79 Å². The molecule has 0 aliphatic rings. The lowest BCUT2D eigenvalue weighted by Gasteiger charge is -2.09. The summed E-state index contributed by atoms with van der Waals surface area (Å²) in [6, 6.07) is 21.9. The number of nitrogens with one attached hydrogen (secondary N) is 2. The average Bonchev–Trinajstić information content (AvgIpc) is 3.31. The molecule has 1 heterocycles. The van der Waals surface area contributed by atoms with Gasteiger partial charge in [0.1, 0.15) is 5.52 Å². The zero-order chi connectivity index (χ0) is 25.7. The summed E-state index contributed by atoms with van der Waals surface area (Å²) in [5, 5.41) is 5.96. The van der Waals surface area contributed by atoms with Gasteiger partial charge in [-0.1, -0.05) is 64.1 Å². The Bertz CT molecular complexity index is 1400. The minimum absolute atomic E-state index is 0.215. The highest BCUT2D eigenvalue weighted by molar-refractivity contribution is 7.80. The molecule has 0 bridgehead atoms. The molecule has 0 spiro atoms. The van der Waals surface area contributed by atoms with Gasteiger partial charge in [0.05, 0.1) is 0 Å². The van der Waals surface area contributed by atoms with Gasteiger partial charge in [0.2, 0.25) is 11.8 Å². The molecule has 0 saturated heterocycles. The van der Waals surface area contributed by atoms with Crippen LogP contribution in [-0.2, 0) is 4.79 Å². The van der Waals surface area contributed by atoms with Crippen LogP contribution in [0.15, 0.2) is 77.2 Å². The van der Waals surface area contributed by atoms with E-state index in [1.54, 1.807) is 6.08 Å². The first-order valence-electron chi connectivity index (χ1n) is 12.2. The maximum Gasteiger partial charge on any atom is 0.250 e. The van der Waals surface area contributed by atoms with Crippen molar-refractivity contribution in [3.05, 3.63) is 89.5 Å². The molecule has 0 aliphatic carbocycles. The SMILES string of the molecule is CC[C@H](C)c1ccc2oc(-c3cccc(NC(=S)NC(=O)/C=C/c4ccc(C(C)C)cc4)c3)nc2c1. The number of amides is 1. The number of rotatable bonds is 7. The third-order valence-corrected chi connectivity index (χ3v) is 6.43. The summed E-state index contributed by atoms with van der Waals surface area (Å²) in [7, 11) is 0. The highest BCUT2D eigenvalue weighted by atomic mass is 32.1. The van der Waals surface area contributed by atoms with Gasteiger partial charge >= 0.3 is 0 Å². The molecule has 4 rings (SSSR count). The number of oxazole rings is 1. The van der Waals surface area contributed by atoms with Crippen molar-refractivity contribution in [3.63, 3.8) is 0 Å². The Morgan fingerprint density at radius 3 is 2.50 bits per heavy atom. The molecule has 184 valence electrons. The number of fused-ring (bicyclic) bond motifs is 1. The van der Waals surface area contributed by atoms with Crippen molar-refractivity contribution >= 4 is 46.1 Å². The van der Waals surface area contributed by atoms with Crippen LogP contribution < -0.4 is 10.6 Å². The van der Waals surface area contributed by atoms with Crippen molar-refractivity contribution in [2.45, 2.75) is 46.0 Å². The highest BCUT2D eigenvalue weighted by Gasteiger charge is 2.12. The summed E-state index contributed by atoms with van der Waals surface area (Å²) in [6.45, 7) is 8.69. The van der Waals surface area contributed by atoms with Crippen molar-refractivity contribution < 1.29 is 9.21 Å². The van der Waals surface area contributed by atoms with Gasteiger partial charge in [-0.3, -0.25) is 10.1 Å². The predicted octanol–water partition coefficient (Wildman–Crippen LogP) is 7.66. The van der Waals surface area contributed by atoms with Crippen LogP contribution >= 0.6 is 12.2 Å². The molecule has 6 heteroatoms. The molecule has 36 heavy (non-hydrogen) atoms. The van der Waals surface area contributed by atoms with Crippen LogP contribution in [0.3, 0.4) is 0 Å². The quantitative estimate of drug-likeness (QED) is 0.203. The number of anilines is 1. The fraction of sp³-hybridized carbons (Fsp3) is 0.233. The lowest BCUT2D eigenvalue weighted by Crippen LogP contribution is -2.32. The normalized spacial score (nSPS) is 12.2. The van der Waals surface area contributed by atoms with Crippen LogP contribution in [-0.4, -0.2) is 16.0 Å². The Labute approximate surface area is 217 Å². The zero-order valence-corrected chi connectivity index (χ0v) is 21.9. The predicted molar refractivity (Wildman–Crippen MR) is 152 cm³/mol. The van der Waals surface area contributed by atoms with Crippen molar-refractivity contribution in [1.82, 2.24) is 10.3 Å². The first-order chi connectivity index (χ1) is 17.3. The summed E-state index contributed by atoms with van der Waals surface area (Å²) in [6.07, 6.45) is 4.31. The average molecular weight is 498 g/mol. The Balaban J connectivity index is 1.39. The maximum atomic E-state index is 12.3. The summed E-state index contributed by atoms with van der Waals surface area (Å²) in [5.41, 5.74) is 6.61. The Kier molecular flexibility index (Phi) is 7.96. The first-order valence-corrected chi connectivity index (χ1v) is 12.6. The van der Waals surface area contributed by atoms with E-state index < -0.39 is 0 Å². The molecule has 0 aliphatic heterocycles. The van der Waals surface area contributed by atoms with Crippen LogP contribution in [0, 0.1) is 0 Å². The largest absolute Gasteiger partial charge is 0.436 e. The van der Waals surface area contributed by atoms with Crippen LogP contribution in [0.1, 0.15) is 62.6 Å². The molecule has 3 aromatic carbocycles. The number of carbonyl (C=O) groups is 1. The van der Waals surface area contributed by atoms with Gasteiger partial charge in [0.15, 0.2) is 10.7 Å². The molecule has 2 N–H and O–H groups in total. The topological polar surface area (TPSA) is 67.2 Å². The number of thiocarbonyl (C=S) groups is 1. The van der Waals surface area contributed by atoms with E-state index in [1.807, 2.05) is 42.5 Å². The van der Waals surface area contributed by atoms with Gasteiger partial charge in [-0.25, -0.2) is 4.98 Å². The van der Waals surface area contributed by atoms with Crippen LogP contribution in [0.25, 0.3) is 28.6 Å². The summed E-state index contributed by atoms with van der Waals surface area (Å²) in [5.74, 6) is 1.18. The van der Waals surface area contributed by atoms with Crippen molar-refractivity contribution in [1.29, 1.82) is 0 Å². The van der Waals surface area contributed by atoms with Crippen molar-refractivity contribution in [3.8, 4) is 11.5 Å². The second kappa shape index (κ2) is 11.3. The summed E-state index contributed by atoms with van der Waals surface area (Å²) < 4.78 is 5.99. The number of benzene rings is 3. The lowest BCUT2D eigenvalue weighted by molar-refractivity contribution is -0.115. The minimum atomic E-state index is -0.298. The van der Waals surface area contributed by atoms with E-state index in [2.05, 4.69) is 62.6 Å². The summed E-state index contributed by atoms with van der Waals surface area (Å²) >= 11 is 5.34. The molecule has 0 saturated carbocycles. The van der Waals surface area contributed by atoms with Crippen molar-refractivity contribution in [2.24, 2.45) is 0 Å². The zero-order valence-electron chi connectivity index (χ0n) is 21.0. The molecule has 0 fully saturated rings. The standard InChI is InChI=1S/C30H31N3O2S/c1-5-20(4)23-14-15-27-26(18-23)32-29(35-27)24-7-6-8-25(17-24)31-30(36)33-28(34)16-11-21-9-12-22(13-10-21)19(2)3/h6-20H,5H2,1-4H3,(H2,31,33,34,36)/b16-11+/t20-/m0/s1. The Morgan fingerprint density at radius 1 is 1.03 bits per heavy atom. The molecule has 1 atom stereocenters. The van der Waals surface area contributed by atoms with Crippen LogP contribution in [0.5, 0.6) is 0 Å². The maximum absolute atomic E-state index is 12.3. The van der Waals surface area contributed by atoms with Crippen molar-refractivity contribution in [2.75, 3.05) is 5.32 Å². The molecular formula is C30H31N3O2S. The van der Waals surface area contributed by atoms with E-state index in [0.717, 1.165) is 34.3 Å². The van der Waals surface area contributed by atoms with E-state index in [-0.39, 0.29) is 11.0 Å².